The molecule has 4 rings (SSSR count). The number of amides is 2. The molecule has 8 nitrogen and oxygen atoms in total. The SMILES string of the molecule is CC1Cc2cc(NC(=O)C(CNC(=O)OC(C)(C)C)c3ccc(OCC(=O)c4ccccc4)cc3)ccc2C=N1. The Morgan fingerprint density at radius 2 is 1.73 bits per heavy atom. The number of alkyl carbamates (subject to hydrolysis) is 1. The maximum Gasteiger partial charge on any atom is 0.407 e. The van der Waals surface area contributed by atoms with Gasteiger partial charge in [0.15, 0.2) is 12.4 Å². The Kier molecular flexibility index (Phi) is 8.99. The number of nitrogens with zero attached hydrogens (tertiary/aromatic N) is 1. The van der Waals surface area contributed by atoms with Crippen molar-refractivity contribution in [2.24, 2.45) is 4.99 Å². The van der Waals surface area contributed by atoms with Crippen LogP contribution in [0.1, 0.15) is 60.7 Å². The molecule has 3 aromatic rings. The molecular formula is C32H35N3O5. The molecule has 0 bridgehead atoms. The number of hydrogen-bond acceptors (Lipinski definition) is 6. The first kappa shape index (κ1) is 28.5. The normalized spacial score (nSPS) is 14.9. The fraction of sp³-hybridized carbons (Fsp3) is 0.312. The van der Waals surface area contributed by atoms with Gasteiger partial charge in [0.2, 0.25) is 5.91 Å². The Morgan fingerprint density at radius 1 is 1.00 bits per heavy atom. The smallest absolute Gasteiger partial charge is 0.407 e. The van der Waals surface area contributed by atoms with Crippen molar-refractivity contribution in [1.82, 2.24) is 5.32 Å². The second-order valence-corrected chi connectivity index (χ2v) is 10.8. The minimum atomic E-state index is -0.705. The van der Waals surface area contributed by atoms with Gasteiger partial charge in [0.05, 0.1) is 12.0 Å². The van der Waals surface area contributed by atoms with Crippen LogP contribution in [0, 0.1) is 0 Å². The summed E-state index contributed by atoms with van der Waals surface area (Å²) in [6.07, 6.45) is 2.05. The molecule has 1 aliphatic rings. The van der Waals surface area contributed by atoms with Gasteiger partial charge in [0.1, 0.15) is 11.4 Å². The lowest BCUT2D eigenvalue weighted by Gasteiger charge is -2.22. The zero-order chi connectivity index (χ0) is 28.7. The number of carbonyl (C=O) groups is 3. The first-order chi connectivity index (χ1) is 19.1. The summed E-state index contributed by atoms with van der Waals surface area (Å²) < 4.78 is 11.0. The summed E-state index contributed by atoms with van der Waals surface area (Å²) in [5.41, 5.74) is 3.42. The van der Waals surface area contributed by atoms with Gasteiger partial charge >= 0.3 is 6.09 Å². The monoisotopic (exact) mass is 541 g/mol. The highest BCUT2D eigenvalue weighted by atomic mass is 16.6. The van der Waals surface area contributed by atoms with E-state index in [1.54, 1.807) is 69.3 Å². The molecule has 0 aliphatic carbocycles. The van der Waals surface area contributed by atoms with Gasteiger partial charge in [-0.3, -0.25) is 14.6 Å². The van der Waals surface area contributed by atoms with E-state index in [-0.39, 0.29) is 30.9 Å². The Bertz CT molecular complexity index is 1380. The number of Topliss-reactive ketones (excluding diaryl/α,β-unsaturated/α-hetero) is 1. The van der Waals surface area contributed by atoms with E-state index in [1.807, 2.05) is 37.4 Å². The highest BCUT2D eigenvalue weighted by Gasteiger charge is 2.24. The van der Waals surface area contributed by atoms with E-state index in [0.717, 1.165) is 17.5 Å². The highest BCUT2D eigenvalue weighted by Crippen LogP contribution is 2.24. The molecule has 0 radical (unpaired) electrons. The highest BCUT2D eigenvalue weighted by molar-refractivity contribution is 5.98. The first-order valence-electron chi connectivity index (χ1n) is 13.3. The molecule has 8 heteroatoms. The van der Waals surface area contributed by atoms with E-state index < -0.39 is 17.6 Å². The number of nitrogens with one attached hydrogen (secondary N) is 2. The zero-order valence-corrected chi connectivity index (χ0v) is 23.3. The molecule has 40 heavy (non-hydrogen) atoms. The quantitative estimate of drug-likeness (QED) is 0.345. The Hall–Kier alpha value is -4.46. The van der Waals surface area contributed by atoms with Crippen molar-refractivity contribution in [3.63, 3.8) is 0 Å². The average Bonchev–Trinajstić information content (AvgIpc) is 2.91. The molecule has 0 fully saturated rings. The van der Waals surface area contributed by atoms with Crippen molar-refractivity contribution in [2.45, 2.75) is 51.7 Å². The summed E-state index contributed by atoms with van der Waals surface area (Å²) in [5.74, 6) is -0.613. The summed E-state index contributed by atoms with van der Waals surface area (Å²) >= 11 is 0. The average molecular weight is 542 g/mol. The molecule has 208 valence electrons. The Morgan fingerprint density at radius 3 is 2.42 bits per heavy atom. The lowest BCUT2D eigenvalue weighted by molar-refractivity contribution is -0.117. The van der Waals surface area contributed by atoms with Gasteiger partial charge in [-0.2, -0.15) is 0 Å². The summed E-state index contributed by atoms with van der Waals surface area (Å²) in [6, 6.07) is 21.8. The lowest BCUT2D eigenvalue weighted by atomic mass is 9.96. The van der Waals surface area contributed by atoms with E-state index in [0.29, 0.717) is 22.6 Å². The molecular weight excluding hydrogens is 506 g/mol. The van der Waals surface area contributed by atoms with Crippen molar-refractivity contribution >= 4 is 29.7 Å². The van der Waals surface area contributed by atoms with E-state index in [2.05, 4.69) is 15.6 Å². The van der Waals surface area contributed by atoms with E-state index in [1.165, 1.54) is 0 Å². The van der Waals surface area contributed by atoms with Crippen LogP contribution in [-0.2, 0) is 16.0 Å². The van der Waals surface area contributed by atoms with Crippen LogP contribution in [-0.4, -0.2) is 48.8 Å². The van der Waals surface area contributed by atoms with E-state index >= 15 is 0 Å². The van der Waals surface area contributed by atoms with Gasteiger partial charge in [0, 0.05) is 24.0 Å². The number of hydrogen-bond donors (Lipinski definition) is 2. The number of anilines is 1. The van der Waals surface area contributed by atoms with Crippen molar-refractivity contribution < 1.29 is 23.9 Å². The molecule has 2 atom stereocenters. The van der Waals surface area contributed by atoms with Crippen molar-refractivity contribution in [2.75, 3.05) is 18.5 Å². The van der Waals surface area contributed by atoms with Crippen molar-refractivity contribution in [3.8, 4) is 5.75 Å². The largest absolute Gasteiger partial charge is 0.485 e. The predicted octanol–water partition coefficient (Wildman–Crippen LogP) is 5.56. The van der Waals surface area contributed by atoms with Gasteiger partial charge in [0.25, 0.3) is 0 Å². The van der Waals surface area contributed by atoms with Crippen molar-refractivity contribution in [1.29, 1.82) is 0 Å². The minimum absolute atomic E-state index is 0.0298. The van der Waals surface area contributed by atoms with Gasteiger partial charge in [-0.05, 0) is 75.1 Å². The van der Waals surface area contributed by atoms with Crippen LogP contribution in [0.25, 0.3) is 0 Å². The van der Waals surface area contributed by atoms with Crippen LogP contribution in [0.4, 0.5) is 10.5 Å². The third kappa shape index (κ3) is 8.02. The summed E-state index contributed by atoms with van der Waals surface area (Å²) in [7, 11) is 0. The van der Waals surface area contributed by atoms with E-state index in [4.69, 9.17) is 9.47 Å². The number of rotatable bonds is 9. The second-order valence-electron chi connectivity index (χ2n) is 10.8. The van der Waals surface area contributed by atoms with Crippen LogP contribution in [0.15, 0.2) is 77.8 Å². The van der Waals surface area contributed by atoms with Crippen LogP contribution < -0.4 is 15.4 Å². The molecule has 0 saturated heterocycles. The molecule has 2 amide bonds. The summed E-state index contributed by atoms with van der Waals surface area (Å²) in [4.78, 5) is 42.7. The standard InChI is InChI=1S/C32H35N3O5/c1-21-16-25-17-26(13-10-24(25)18-33-21)35-30(37)28(19-34-31(38)40-32(2,3)4)22-11-14-27(15-12-22)39-20-29(36)23-8-6-5-7-9-23/h5-15,17-18,21,28H,16,19-20H2,1-4H3,(H,34,38)(H,35,37). The molecule has 1 heterocycles. The molecule has 0 aromatic heterocycles. The molecule has 1 aliphatic heterocycles. The first-order valence-corrected chi connectivity index (χ1v) is 13.3. The molecule has 2 N–H and O–H groups in total. The van der Waals surface area contributed by atoms with E-state index in [9.17, 15) is 14.4 Å². The van der Waals surface area contributed by atoms with Crippen LogP contribution in [0.2, 0.25) is 0 Å². The second kappa shape index (κ2) is 12.6. The Balaban J connectivity index is 1.47. The van der Waals surface area contributed by atoms with Gasteiger partial charge in [-0.25, -0.2) is 4.79 Å². The zero-order valence-electron chi connectivity index (χ0n) is 23.3. The maximum atomic E-state index is 13.5. The lowest BCUT2D eigenvalue weighted by Crippen LogP contribution is -2.37. The fourth-order valence-corrected chi connectivity index (χ4v) is 4.31. The van der Waals surface area contributed by atoms with Gasteiger partial charge in [-0.1, -0.05) is 48.5 Å². The fourth-order valence-electron chi connectivity index (χ4n) is 4.31. The van der Waals surface area contributed by atoms with Gasteiger partial charge in [-0.15, -0.1) is 0 Å². The van der Waals surface area contributed by atoms with Crippen molar-refractivity contribution in [3.05, 3.63) is 95.1 Å². The summed E-state index contributed by atoms with van der Waals surface area (Å²) in [6.45, 7) is 7.31. The topological polar surface area (TPSA) is 106 Å². The maximum absolute atomic E-state index is 13.5. The molecule has 0 spiro atoms. The van der Waals surface area contributed by atoms with Gasteiger partial charge < -0.3 is 20.1 Å². The number of fused-ring (bicyclic) bond motifs is 1. The van der Waals surface area contributed by atoms with Crippen LogP contribution in [0.3, 0.4) is 0 Å². The molecule has 3 aromatic carbocycles. The number of ether oxygens (including phenoxy) is 2. The van der Waals surface area contributed by atoms with Crippen LogP contribution in [0.5, 0.6) is 5.75 Å². The number of ketones is 1. The number of benzene rings is 3. The minimum Gasteiger partial charge on any atom is -0.485 e. The molecule has 0 saturated carbocycles. The molecule has 2 unspecified atom stereocenters. The summed E-state index contributed by atoms with van der Waals surface area (Å²) in [5, 5.41) is 5.72. The predicted molar refractivity (Wildman–Crippen MR) is 156 cm³/mol. The third-order valence-electron chi connectivity index (χ3n) is 6.31. The number of aliphatic imine (C=N–C) groups is 1. The Labute approximate surface area is 234 Å². The third-order valence-corrected chi connectivity index (χ3v) is 6.31. The van der Waals surface area contributed by atoms with Crippen LogP contribution >= 0.6 is 0 Å². The number of carbonyl (C=O) groups excluding carboxylic acids is 3.